The highest BCUT2D eigenvalue weighted by Crippen LogP contribution is 2.10. The van der Waals surface area contributed by atoms with Crippen molar-refractivity contribution in [3.05, 3.63) is 0 Å². The minimum Gasteiger partial charge on any atom is -0.395 e. The number of hydrogen-bond acceptors (Lipinski definition) is 3. The summed E-state index contributed by atoms with van der Waals surface area (Å²) >= 11 is 0. The van der Waals surface area contributed by atoms with Gasteiger partial charge in [0.25, 0.3) is 0 Å². The molecule has 0 bridgehead atoms. The van der Waals surface area contributed by atoms with E-state index >= 15 is 0 Å². The van der Waals surface area contributed by atoms with Crippen LogP contribution in [0, 0.1) is 5.92 Å². The molecule has 0 rings (SSSR count). The molecule has 18 heavy (non-hydrogen) atoms. The van der Waals surface area contributed by atoms with Gasteiger partial charge in [-0.1, -0.05) is 13.8 Å². The maximum Gasteiger partial charge on any atom is 0.191 e. The van der Waals surface area contributed by atoms with E-state index in [1.807, 2.05) is 13.8 Å². The molecule has 108 valence electrons. The molecule has 0 aliphatic rings. The van der Waals surface area contributed by atoms with Crippen molar-refractivity contribution in [3.63, 3.8) is 0 Å². The Hall–Kier alpha value is -0.810. The second kappa shape index (κ2) is 11.3. The normalized spacial score (nSPS) is 13.8. The van der Waals surface area contributed by atoms with E-state index in [9.17, 15) is 0 Å². The fourth-order valence-corrected chi connectivity index (χ4v) is 1.64. The molecule has 0 aromatic rings. The van der Waals surface area contributed by atoms with Crippen LogP contribution in [0.4, 0.5) is 0 Å². The number of guanidine groups is 1. The van der Waals surface area contributed by atoms with Gasteiger partial charge in [-0.25, -0.2) is 0 Å². The highest BCUT2D eigenvalue weighted by Gasteiger charge is 2.12. The molecule has 0 aromatic heterocycles. The lowest BCUT2D eigenvalue weighted by atomic mass is 10.0. The molecular weight excluding hydrogens is 230 g/mol. The summed E-state index contributed by atoms with van der Waals surface area (Å²) in [5.74, 6) is 1.26. The first-order chi connectivity index (χ1) is 8.65. The highest BCUT2D eigenvalue weighted by atomic mass is 16.5. The van der Waals surface area contributed by atoms with Gasteiger partial charge in [0.05, 0.1) is 12.7 Å². The standard InChI is InChI=1S/C13H29N3O2/c1-5-14-13(16-9-10-17)15-8-7-12(11(3)4)18-6-2/h11-12,17H,5-10H2,1-4H3,(H2,14,15,16). The van der Waals surface area contributed by atoms with Crippen molar-refractivity contribution in [1.82, 2.24) is 10.6 Å². The SMILES string of the molecule is CCNC(=NCCC(OCC)C(C)C)NCCO. The van der Waals surface area contributed by atoms with E-state index < -0.39 is 0 Å². The Bertz CT molecular complexity index is 220. The summed E-state index contributed by atoms with van der Waals surface area (Å²) in [5.41, 5.74) is 0. The van der Waals surface area contributed by atoms with Crippen molar-refractivity contribution in [3.8, 4) is 0 Å². The fourth-order valence-electron chi connectivity index (χ4n) is 1.64. The third kappa shape index (κ3) is 8.31. The van der Waals surface area contributed by atoms with Gasteiger partial charge >= 0.3 is 0 Å². The van der Waals surface area contributed by atoms with Crippen molar-refractivity contribution >= 4 is 5.96 Å². The third-order valence-electron chi connectivity index (χ3n) is 2.56. The van der Waals surface area contributed by atoms with Gasteiger partial charge in [-0.05, 0) is 26.2 Å². The molecule has 0 fully saturated rings. The summed E-state index contributed by atoms with van der Waals surface area (Å²) in [5, 5.41) is 15.0. The van der Waals surface area contributed by atoms with Crippen LogP contribution in [-0.4, -0.2) is 50.0 Å². The molecular formula is C13H29N3O2. The van der Waals surface area contributed by atoms with E-state index in [0.717, 1.165) is 32.1 Å². The number of aliphatic hydroxyl groups is 1. The van der Waals surface area contributed by atoms with Crippen LogP contribution in [0.2, 0.25) is 0 Å². The Labute approximate surface area is 111 Å². The Morgan fingerprint density at radius 1 is 1.28 bits per heavy atom. The Balaban J connectivity index is 4.11. The maximum atomic E-state index is 8.77. The van der Waals surface area contributed by atoms with Gasteiger partial charge in [0.1, 0.15) is 0 Å². The van der Waals surface area contributed by atoms with E-state index in [0.29, 0.717) is 12.5 Å². The van der Waals surface area contributed by atoms with E-state index in [1.165, 1.54) is 0 Å². The second-order valence-electron chi connectivity index (χ2n) is 4.44. The van der Waals surface area contributed by atoms with E-state index in [-0.39, 0.29) is 12.7 Å². The molecule has 0 aromatic carbocycles. The smallest absolute Gasteiger partial charge is 0.191 e. The van der Waals surface area contributed by atoms with Gasteiger partial charge in [-0.2, -0.15) is 0 Å². The highest BCUT2D eigenvalue weighted by molar-refractivity contribution is 5.79. The number of aliphatic hydroxyl groups excluding tert-OH is 1. The summed E-state index contributed by atoms with van der Waals surface area (Å²) < 4.78 is 5.68. The van der Waals surface area contributed by atoms with Crippen LogP contribution in [0.1, 0.15) is 34.1 Å². The van der Waals surface area contributed by atoms with Crippen LogP contribution in [0.5, 0.6) is 0 Å². The predicted octanol–water partition coefficient (Wildman–Crippen LogP) is 0.985. The molecule has 5 nitrogen and oxygen atoms in total. The zero-order valence-electron chi connectivity index (χ0n) is 12.2. The van der Waals surface area contributed by atoms with Crippen LogP contribution < -0.4 is 10.6 Å². The van der Waals surface area contributed by atoms with Gasteiger partial charge < -0.3 is 20.5 Å². The van der Waals surface area contributed by atoms with Gasteiger partial charge in [0, 0.05) is 26.2 Å². The molecule has 0 spiro atoms. The van der Waals surface area contributed by atoms with Crippen molar-refractivity contribution in [2.45, 2.75) is 40.2 Å². The first-order valence-corrected chi connectivity index (χ1v) is 6.90. The summed E-state index contributed by atoms with van der Waals surface area (Å²) in [6.07, 6.45) is 1.18. The molecule has 0 aliphatic heterocycles. The predicted molar refractivity (Wildman–Crippen MR) is 75.9 cm³/mol. The van der Waals surface area contributed by atoms with Gasteiger partial charge in [0.15, 0.2) is 5.96 Å². The number of nitrogens with zero attached hydrogens (tertiary/aromatic N) is 1. The van der Waals surface area contributed by atoms with Gasteiger partial charge in [0.2, 0.25) is 0 Å². The first-order valence-electron chi connectivity index (χ1n) is 6.90. The molecule has 0 aliphatic carbocycles. The zero-order chi connectivity index (χ0) is 13.8. The Morgan fingerprint density at radius 2 is 2.00 bits per heavy atom. The molecule has 5 heteroatoms. The van der Waals surface area contributed by atoms with Crippen LogP contribution >= 0.6 is 0 Å². The average molecular weight is 259 g/mol. The monoisotopic (exact) mass is 259 g/mol. The van der Waals surface area contributed by atoms with Crippen molar-refractivity contribution in [2.24, 2.45) is 10.9 Å². The van der Waals surface area contributed by atoms with Crippen LogP contribution in [0.3, 0.4) is 0 Å². The lowest BCUT2D eigenvalue weighted by Crippen LogP contribution is -2.39. The number of nitrogens with one attached hydrogen (secondary N) is 2. The minimum absolute atomic E-state index is 0.109. The molecule has 0 saturated carbocycles. The maximum absolute atomic E-state index is 8.77. The molecule has 1 unspecified atom stereocenters. The molecule has 0 amide bonds. The second-order valence-corrected chi connectivity index (χ2v) is 4.44. The first kappa shape index (κ1) is 17.2. The summed E-state index contributed by atoms with van der Waals surface area (Å²) in [4.78, 5) is 4.46. The topological polar surface area (TPSA) is 65.9 Å². The van der Waals surface area contributed by atoms with Crippen molar-refractivity contribution < 1.29 is 9.84 Å². The number of rotatable bonds is 9. The number of hydrogen-bond donors (Lipinski definition) is 3. The summed E-state index contributed by atoms with van der Waals surface area (Å²) in [6.45, 7) is 11.3. The van der Waals surface area contributed by atoms with E-state index in [2.05, 4.69) is 29.5 Å². The molecule has 0 heterocycles. The largest absolute Gasteiger partial charge is 0.395 e. The van der Waals surface area contributed by atoms with E-state index in [4.69, 9.17) is 9.84 Å². The van der Waals surface area contributed by atoms with Crippen molar-refractivity contribution in [2.75, 3.05) is 32.8 Å². The number of ether oxygens (including phenoxy) is 1. The van der Waals surface area contributed by atoms with Crippen LogP contribution in [-0.2, 0) is 4.74 Å². The lowest BCUT2D eigenvalue weighted by Gasteiger charge is -2.20. The average Bonchev–Trinajstić information content (AvgIpc) is 2.34. The van der Waals surface area contributed by atoms with Gasteiger partial charge in [-0.3, -0.25) is 4.99 Å². The van der Waals surface area contributed by atoms with Gasteiger partial charge in [-0.15, -0.1) is 0 Å². The lowest BCUT2D eigenvalue weighted by molar-refractivity contribution is 0.0266. The molecule has 0 saturated heterocycles. The minimum atomic E-state index is 0.109. The van der Waals surface area contributed by atoms with Crippen LogP contribution in [0.15, 0.2) is 4.99 Å². The molecule has 3 N–H and O–H groups in total. The Kier molecular flexibility index (Phi) is 10.8. The quantitative estimate of drug-likeness (QED) is 0.427. The third-order valence-corrected chi connectivity index (χ3v) is 2.56. The van der Waals surface area contributed by atoms with Crippen LogP contribution in [0.25, 0.3) is 0 Å². The number of aliphatic imine (C=N–C) groups is 1. The summed E-state index contributed by atoms with van der Waals surface area (Å²) in [7, 11) is 0. The van der Waals surface area contributed by atoms with Crippen molar-refractivity contribution in [1.29, 1.82) is 0 Å². The Morgan fingerprint density at radius 3 is 2.50 bits per heavy atom. The molecule has 1 atom stereocenters. The molecule has 0 radical (unpaired) electrons. The summed E-state index contributed by atoms with van der Waals surface area (Å²) in [6, 6.07) is 0. The fraction of sp³-hybridized carbons (Fsp3) is 0.923. The zero-order valence-corrected chi connectivity index (χ0v) is 12.2. The van der Waals surface area contributed by atoms with E-state index in [1.54, 1.807) is 0 Å².